The Labute approximate surface area is 172 Å². The molecule has 0 unspecified atom stereocenters. The number of carbonyl (C=O) groups is 1. The number of fused-ring (bicyclic) bond motifs is 1. The maximum atomic E-state index is 12.6. The van der Waals surface area contributed by atoms with Crippen molar-refractivity contribution in [2.24, 2.45) is 7.05 Å². The van der Waals surface area contributed by atoms with Gasteiger partial charge in [0.2, 0.25) is 6.20 Å². The predicted molar refractivity (Wildman–Crippen MR) is 92.8 cm³/mol. The molecule has 0 fully saturated rings. The molecule has 2 aromatic carbocycles. The molecule has 0 aliphatic heterocycles. The first-order valence-corrected chi connectivity index (χ1v) is 8.05. The van der Waals surface area contributed by atoms with Gasteiger partial charge in [0, 0.05) is 44.2 Å². The van der Waals surface area contributed by atoms with E-state index in [0.717, 1.165) is 16.5 Å². The molecule has 0 amide bonds. The van der Waals surface area contributed by atoms with Crippen molar-refractivity contribution in [1.82, 2.24) is 4.68 Å². The number of rotatable bonds is 4. The predicted octanol–water partition coefficient (Wildman–Crippen LogP) is 3.55. The van der Waals surface area contributed by atoms with Gasteiger partial charge >= 0.3 is 0 Å². The zero-order chi connectivity index (χ0) is 16.6. The molecule has 0 aliphatic carbocycles. The van der Waals surface area contributed by atoms with Crippen LogP contribution < -0.4 is 4.68 Å². The van der Waals surface area contributed by atoms with Gasteiger partial charge < -0.3 is 0 Å². The number of benzene rings is 2. The van der Waals surface area contributed by atoms with Gasteiger partial charge in [-0.05, 0) is 48.7 Å². The fourth-order valence-corrected chi connectivity index (χ4v) is 3.23. The Balaban J connectivity index is 0.00000208. The molecule has 0 N–H and O–H groups in total. The number of hydrogen-bond acceptors (Lipinski definition) is 1. The fraction of sp³-hybridized carbons (Fsp3) is 0.263. The Kier molecular flexibility index (Phi) is 6.36. The van der Waals surface area contributed by atoms with E-state index in [1.807, 2.05) is 46.9 Å². The van der Waals surface area contributed by atoms with Gasteiger partial charge in [0.25, 0.3) is 0 Å². The number of nitrogens with zero attached hydrogens (tertiary/aromatic N) is 2. The van der Waals surface area contributed by atoms with E-state index < -0.39 is 0 Å². The van der Waals surface area contributed by atoms with Crippen LogP contribution in [0.3, 0.4) is 0 Å². The van der Waals surface area contributed by atoms with Crippen molar-refractivity contribution >= 4 is 28.3 Å². The van der Waals surface area contributed by atoms with Crippen LogP contribution in [-0.4, -0.2) is 10.5 Å². The van der Waals surface area contributed by atoms with Crippen LogP contribution in [0.25, 0.3) is 10.9 Å². The van der Waals surface area contributed by atoms with E-state index in [2.05, 4.69) is 26.0 Å². The standard InChI is InChI=1S/C19H20ClN2O.Y/c1-13-5-4-6-14(2)18(13)10-17(23)12-22-19-8-7-16(20)9-15(19)11-21(22)3;/h4-9,11H,10,12H2,1-3H3;/q+1;. The summed E-state index contributed by atoms with van der Waals surface area (Å²) in [6.07, 6.45) is 2.46. The monoisotopic (exact) mass is 416 g/mol. The molecule has 3 aromatic rings. The van der Waals surface area contributed by atoms with Gasteiger partial charge in [0.05, 0.1) is 5.39 Å². The van der Waals surface area contributed by atoms with E-state index in [1.54, 1.807) is 0 Å². The third-order valence-corrected chi connectivity index (χ3v) is 4.55. The molecule has 0 aliphatic rings. The van der Waals surface area contributed by atoms with Crippen molar-refractivity contribution in [3.63, 3.8) is 0 Å². The summed E-state index contributed by atoms with van der Waals surface area (Å²) in [4.78, 5) is 12.6. The maximum Gasteiger partial charge on any atom is 0.203 e. The average Bonchev–Trinajstić information content (AvgIpc) is 2.78. The number of halogens is 1. The van der Waals surface area contributed by atoms with Crippen LogP contribution in [0, 0.1) is 13.8 Å². The Morgan fingerprint density at radius 2 is 1.83 bits per heavy atom. The Bertz CT molecular complexity index is 882. The fourth-order valence-electron chi connectivity index (χ4n) is 3.05. The van der Waals surface area contributed by atoms with E-state index >= 15 is 0 Å². The molecule has 0 saturated carbocycles. The van der Waals surface area contributed by atoms with Crippen molar-refractivity contribution in [1.29, 1.82) is 0 Å². The Morgan fingerprint density at radius 3 is 2.50 bits per heavy atom. The van der Waals surface area contributed by atoms with Gasteiger partial charge in [-0.3, -0.25) is 4.79 Å². The Hall–Kier alpha value is -1.03. The second-order valence-electron chi connectivity index (χ2n) is 6.05. The van der Waals surface area contributed by atoms with Crippen LogP contribution >= 0.6 is 11.6 Å². The molecular formula is C19H20ClN2OY+. The molecule has 5 heteroatoms. The van der Waals surface area contributed by atoms with Crippen LogP contribution in [0.15, 0.2) is 42.6 Å². The van der Waals surface area contributed by atoms with Crippen LogP contribution in [0.4, 0.5) is 0 Å². The first-order valence-electron chi connectivity index (χ1n) is 7.67. The van der Waals surface area contributed by atoms with E-state index in [1.165, 1.54) is 11.1 Å². The molecule has 1 radical (unpaired) electrons. The molecule has 1 heterocycles. The number of Topliss-reactive ketones (excluding diaryl/α,β-unsaturated/α-hetero) is 1. The number of aryl methyl sites for hydroxylation is 3. The summed E-state index contributed by atoms with van der Waals surface area (Å²) < 4.78 is 3.94. The van der Waals surface area contributed by atoms with Gasteiger partial charge in [0.1, 0.15) is 12.1 Å². The molecule has 0 bridgehead atoms. The van der Waals surface area contributed by atoms with Crippen LogP contribution in [0.2, 0.25) is 5.02 Å². The van der Waals surface area contributed by atoms with E-state index in [9.17, 15) is 4.79 Å². The van der Waals surface area contributed by atoms with Gasteiger partial charge in [-0.2, -0.15) is 0 Å². The van der Waals surface area contributed by atoms with Gasteiger partial charge in [-0.15, -0.1) is 9.36 Å². The van der Waals surface area contributed by atoms with Crippen molar-refractivity contribution in [3.05, 3.63) is 64.3 Å². The summed E-state index contributed by atoms with van der Waals surface area (Å²) in [6.45, 7) is 4.47. The summed E-state index contributed by atoms with van der Waals surface area (Å²) >= 11 is 6.04. The molecule has 0 spiro atoms. The summed E-state index contributed by atoms with van der Waals surface area (Å²) in [7, 11) is 1.94. The smallest absolute Gasteiger partial charge is 0.203 e. The number of hydrogen-bond donors (Lipinski definition) is 0. The van der Waals surface area contributed by atoms with E-state index in [0.29, 0.717) is 18.0 Å². The zero-order valence-corrected chi connectivity index (χ0v) is 17.8. The van der Waals surface area contributed by atoms with Crippen LogP contribution in [0.1, 0.15) is 16.7 Å². The minimum absolute atomic E-state index is 0. The molecule has 3 nitrogen and oxygen atoms in total. The summed E-state index contributed by atoms with van der Waals surface area (Å²) in [5, 5.41) is 1.75. The molecule has 1 aromatic heterocycles. The molecule has 24 heavy (non-hydrogen) atoms. The number of ketones is 1. The number of aromatic nitrogens is 2. The second-order valence-corrected chi connectivity index (χ2v) is 6.49. The minimum Gasteiger partial charge on any atom is -0.297 e. The quantitative estimate of drug-likeness (QED) is 0.597. The van der Waals surface area contributed by atoms with Crippen LogP contribution in [-0.2, 0) is 57.5 Å². The van der Waals surface area contributed by atoms with Gasteiger partial charge in [-0.1, -0.05) is 29.8 Å². The van der Waals surface area contributed by atoms with E-state index in [4.69, 9.17) is 11.6 Å². The average molecular weight is 417 g/mol. The van der Waals surface area contributed by atoms with E-state index in [-0.39, 0.29) is 38.5 Å². The Morgan fingerprint density at radius 1 is 1.17 bits per heavy atom. The molecule has 121 valence electrons. The number of carbonyl (C=O) groups excluding carboxylic acids is 1. The molecular weight excluding hydrogens is 397 g/mol. The third kappa shape index (κ3) is 3.96. The SMILES string of the molecule is Cc1cccc(C)c1CC(=O)Cn1c2ccc(Cl)cc2c[n+]1C.[Y]. The molecule has 3 rings (SSSR count). The first kappa shape index (κ1) is 19.3. The van der Waals surface area contributed by atoms with Gasteiger partial charge in [-0.25, -0.2) is 0 Å². The van der Waals surface area contributed by atoms with Gasteiger partial charge in [0.15, 0.2) is 12.8 Å². The zero-order valence-electron chi connectivity index (χ0n) is 14.2. The maximum absolute atomic E-state index is 12.6. The second kappa shape index (κ2) is 7.90. The summed E-state index contributed by atoms with van der Waals surface area (Å²) in [6, 6.07) is 11.9. The normalized spacial score (nSPS) is 10.7. The largest absolute Gasteiger partial charge is 0.297 e. The first-order chi connectivity index (χ1) is 11.0. The summed E-state index contributed by atoms with van der Waals surface area (Å²) in [5.41, 5.74) is 4.50. The molecule has 0 atom stereocenters. The van der Waals surface area contributed by atoms with Crippen molar-refractivity contribution in [3.8, 4) is 0 Å². The van der Waals surface area contributed by atoms with Crippen LogP contribution in [0.5, 0.6) is 0 Å². The van der Waals surface area contributed by atoms with Crippen molar-refractivity contribution in [2.75, 3.05) is 0 Å². The summed E-state index contributed by atoms with van der Waals surface area (Å²) in [5.74, 6) is 0.199. The minimum atomic E-state index is 0. The molecule has 0 saturated heterocycles. The topological polar surface area (TPSA) is 25.9 Å². The van der Waals surface area contributed by atoms with Crippen molar-refractivity contribution < 1.29 is 42.2 Å². The van der Waals surface area contributed by atoms with Crippen molar-refractivity contribution in [2.45, 2.75) is 26.8 Å². The third-order valence-electron chi connectivity index (χ3n) is 4.32.